The van der Waals surface area contributed by atoms with Crippen molar-refractivity contribution in [2.24, 2.45) is 5.92 Å². The molecule has 0 aliphatic heterocycles. The lowest BCUT2D eigenvalue weighted by Gasteiger charge is -2.34. The van der Waals surface area contributed by atoms with E-state index < -0.39 is 23.2 Å². The number of halogens is 2. The number of anilines is 1. The van der Waals surface area contributed by atoms with E-state index in [1.54, 1.807) is 11.9 Å². The van der Waals surface area contributed by atoms with Gasteiger partial charge in [0.15, 0.2) is 0 Å². The third-order valence-electron chi connectivity index (χ3n) is 3.42. The van der Waals surface area contributed by atoms with Crippen LogP contribution in [0, 0.1) is 17.6 Å². The summed E-state index contributed by atoms with van der Waals surface area (Å²) in [5.74, 6) is -1.66. The number of likely N-dealkylation sites (N-methyl/N-ethyl adjacent to an activating group) is 1. The van der Waals surface area contributed by atoms with Crippen molar-refractivity contribution in [2.75, 3.05) is 25.5 Å². The van der Waals surface area contributed by atoms with Crippen LogP contribution < -0.4 is 5.32 Å². The van der Waals surface area contributed by atoms with Crippen LogP contribution in [0.4, 0.5) is 14.5 Å². The Hall–Kier alpha value is -1.53. The van der Waals surface area contributed by atoms with Crippen LogP contribution in [-0.4, -0.2) is 42.2 Å². The van der Waals surface area contributed by atoms with Crippen LogP contribution in [0.3, 0.4) is 0 Å². The molecular formula is C14H18F2N2O2. The molecule has 0 heterocycles. The van der Waals surface area contributed by atoms with Crippen LogP contribution >= 0.6 is 0 Å². The first kappa shape index (κ1) is 14.9. The second-order valence-electron chi connectivity index (χ2n) is 5.33. The van der Waals surface area contributed by atoms with Gasteiger partial charge in [-0.3, -0.25) is 9.69 Å². The summed E-state index contributed by atoms with van der Waals surface area (Å²) in [6.07, 6.45) is 1.26. The summed E-state index contributed by atoms with van der Waals surface area (Å²) in [5.41, 5.74) is -0.412. The van der Waals surface area contributed by atoms with Gasteiger partial charge in [0.05, 0.1) is 12.6 Å². The number of carbonyl (C=O) groups is 1. The Morgan fingerprint density at radius 1 is 1.40 bits per heavy atom. The zero-order valence-electron chi connectivity index (χ0n) is 11.3. The van der Waals surface area contributed by atoms with Crippen molar-refractivity contribution < 1.29 is 18.7 Å². The van der Waals surface area contributed by atoms with Crippen molar-refractivity contribution >= 4 is 11.6 Å². The van der Waals surface area contributed by atoms with Crippen LogP contribution in [0.15, 0.2) is 18.2 Å². The van der Waals surface area contributed by atoms with Gasteiger partial charge < -0.3 is 10.4 Å². The molecule has 110 valence electrons. The highest BCUT2D eigenvalue weighted by molar-refractivity contribution is 5.92. The third-order valence-corrected chi connectivity index (χ3v) is 3.42. The van der Waals surface area contributed by atoms with Crippen molar-refractivity contribution in [1.29, 1.82) is 0 Å². The SMILES string of the molecule is CN(CC(=O)Nc1c(F)cccc1F)CC1CC(O)C1. The first-order chi connectivity index (χ1) is 9.45. The summed E-state index contributed by atoms with van der Waals surface area (Å²) in [4.78, 5) is 13.5. The van der Waals surface area contributed by atoms with Crippen molar-refractivity contribution in [2.45, 2.75) is 18.9 Å². The molecule has 0 bridgehead atoms. The van der Waals surface area contributed by atoms with Crippen LogP contribution in [-0.2, 0) is 4.79 Å². The summed E-state index contributed by atoms with van der Waals surface area (Å²) < 4.78 is 26.7. The molecule has 1 aromatic carbocycles. The molecule has 1 aliphatic carbocycles. The highest BCUT2D eigenvalue weighted by atomic mass is 19.1. The number of aliphatic hydroxyl groups excluding tert-OH is 1. The molecule has 0 spiro atoms. The Bertz CT molecular complexity index is 470. The number of para-hydroxylation sites is 1. The number of carbonyl (C=O) groups excluding carboxylic acids is 1. The van der Waals surface area contributed by atoms with Gasteiger partial charge in [-0.2, -0.15) is 0 Å². The highest BCUT2D eigenvalue weighted by Crippen LogP contribution is 2.27. The van der Waals surface area contributed by atoms with E-state index in [4.69, 9.17) is 0 Å². The fourth-order valence-electron chi connectivity index (χ4n) is 2.40. The fourth-order valence-corrected chi connectivity index (χ4v) is 2.40. The molecule has 0 radical (unpaired) electrons. The van der Waals surface area contributed by atoms with E-state index in [1.807, 2.05) is 0 Å². The van der Waals surface area contributed by atoms with Gasteiger partial charge in [0, 0.05) is 6.54 Å². The number of hydrogen-bond acceptors (Lipinski definition) is 3. The van der Waals surface area contributed by atoms with E-state index in [0.717, 1.165) is 25.0 Å². The Morgan fingerprint density at radius 3 is 2.55 bits per heavy atom. The van der Waals surface area contributed by atoms with E-state index >= 15 is 0 Å². The molecule has 0 atom stereocenters. The maximum absolute atomic E-state index is 13.4. The van der Waals surface area contributed by atoms with E-state index in [-0.39, 0.29) is 12.6 Å². The average Bonchev–Trinajstić information content (AvgIpc) is 2.32. The molecule has 6 heteroatoms. The molecule has 2 rings (SSSR count). The Kier molecular flexibility index (Phi) is 4.67. The lowest BCUT2D eigenvalue weighted by molar-refractivity contribution is -0.117. The molecule has 1 aliphatic rings. The molecule has 1 amide bonds. The summed E-state index contributed by atoms with van der Waals surface area (Å²) in [5, 5.41) is 11.4. The third kappa shape index (κ3) is 3.74. The van der Waals surface area contributed by atoms with Gasteiger partial charge in [0.2, 0.25) is 5.91 Å². The molecule has 4 nitrogen and oxygen atoms in total. The van der Waals surface area contributed by atoms with Crippen LogP contribution in [0.5, 0.6) is 0 Å². The smallest absolute Gasteiger partial charge is 0.238 e. The quantitative estimate of drug-likeness (QED) is 0.863. The number of hydrogen-bond donors (Lipinski definition) is 2. The zero-order valence-corrected chi connectivity index (χ0v) is 11.3. The van der Waals surface area contributed by atoms with Crippen molar-refractivity contribution in [3.05, 3.63) is 29.8 Å². The number of amides is 1. The molecule has 0 aromatic heterocycles. The summed E-state index contributed by atoms with van der Waals surface area (Å²) in [6, 6.07) is 3.44. The summed E-state index contributed by atoms with van der Waals surface area (Å²) >= 11 is 0. The van der Waals surface area contributed by atoms with E-state index in [9.17, 15) is 18.7 Å². The number of rotatable bonds is 5. The number of aliphatic hydroxyl groups is 1. The number of benzene rings is 1. The molecule has 0 unspecified atom stereocenters. The van der Waals surface area contributed by atoms with Crippen molar-refractivity contribution in [3.63, 3.8) is 0 Å². The first-order valence-electron chi connectivity index (χ1n) is 6.56. The van der Waals surface area contributed by atoms with Gasteiger partial charge in [-0.15, -0.1) is 0 Å². The molecule has 1 fully saturated rings. The Labute approximate surface area is 116 Å². The predicted octanol–water partition coefficient (Wildman–Crippen LogP) is 1.61. The van der Waals surface area contributed by atoms with E-state index in [2.05, 4.69) is 5.32 Å². The maximum Gasteiger partial charge on any atom is 0.238 e. The van der Waals surface area contributed by atoms with Gasteiger partial charge in [0.25, 0.3) is 0 Å². The normalized spacial score (nSPS) is 21.6. The Balaban J connectivity index is 1.83. The number of nitrogens with one attached hydrogen (secondary N) is 1. The van der Waals surface area contributed by atoms with Crippen LogP contribution in [0.2, 0.25) is 0 Å². The van der Waals surface area contributed by atoms with Crippen molar-refractivity contribution in [3.8, 4) is 0 Å². The van der Waals surface area contributed by atoms with Crippen LogP contribution in [0.1, 0.15) is 12.8 Å². The monoisotopic (exact) mass is 284 g/mol. The first-order valence-corrected chi connectivity index (χ1v) is 6.56. The molecule has 1 aromatic rings. The lowest BCUT2D eigenvalue weighted by atomic mass is 9.82. The van der Waals surface area contributed by atoms with Gasteiger partial charge >= 0.3 is 0 Å². The molecule has 20 heavy (non-hydrogen) atoms. The van der Waals surface area contributed by atoms with Crippen molar-refractivity contribution in [1.82, 2.24) is 4.90 Å². The van der Waals surface area contributed by atoms with E-state index in [0.29, 0.717) is 12.5 Å². The second-order valence-corrected chi connectivity index (χ2v) is 5.33. The van der Waals surface area contributed by atoms with Crippen LogP contribution in [0.25, 0.3) is 0 Å². The minimum absolute atomic E-state index is 0.0559. The van der Waals surface area contributed by atoms with Gasteiger partial charge in [-0.25, -0.2) is 8.78 Å². The minimum Gasteiger partial charge on any atom is -0.393 e. The zero-order chi connectivity index (χ0) is 14.7. The Morgan fingerprint density at radius 2 is 2.00 bits per heavy atom. The molecule has 2 N–H and O–H groups in total. The highest BCUT2D eigenvalue weighted by Gasteiger charge is 2.28. The van der Waals surface area contributed by atoms with Gasteiger partial charge in [-0.05, 0) is 37.9 Å². The fraction of sp³-hybridized carbons (Fsp3) is 0.500. The number of nitrogens with zero attached hydrogens (tertiary/aromatic N) is 1. The molecule has 0 saturated heterocycles. The van der Waals surface area contributed by atoms with E-state index in [1.165, 1.54) is 6.07 Å². The summed E-state index contributed by atoms with van der Waals surface area (Å²) in [7, 11) is 1.77. The average molecular weight is 284 g/mol. The predicted molar refractivity (Wildman–Crippen MR) is 71.2 cm³/mol. The lowest BCUT2D eigenvalue weighted by Crippen LogP contribution is -2.40. The van der Waals surface area contributed by atoms with Gasteiger partial charge in [-0.1, -0.05) is 6.07 Å². The second kappa shape index (κ2) is 6.28. The maximum atomic E-state index is 13.4. The standard InChI is InChI=1S/C14H18F2N2O2/c1-18(7-9-5-10(19)6-9)8-13(20)17-14-11(15)3-2-4-12(14)16/h2-4,9-10,19H,5-8H2,1H3,(H,17,20). The summed E-state index contributed by atoms with van der Waals surface area (Å²) in [6.45, 7) is 0.741. The minimum atomic E-state index is -0.789. The molecule has 1 saturated carbocycles. The van der Waals surface area contributed by atoms with Gasteiger partial charge in [0.1, 0.15) is 17.3 Å². The largest absolute Gasteiger partial charge is 0.393 e. The topological polar surface area (TPSA) is 52.6 Å². The molecular weight excluding hydrogens is 266 g/mol.